The van der Waals surface area contributed by atoms with Gasteiger partial charge in [0.2, 0.25) is 0 Å². The Morgan fingerprint density at radius 1 is 1.75 bits per heavy atom. The average molecular weight is 168 g/mol. The molecule has 2 rings (SSSR count). The molecule has 0 radical (unpaired) electrons. The van der Waals surface area contributed by atoms with Crippen LogP contribution in [0.5, 0.6) is 0 Å². The summed E-state index contributed by atoms with van der Waals surface area (Å²) < 4.78 is 7.29. The molecule has 1 aromatic rings. The van der Waals surface area contributed by atoms with Gasteiger partial charge in [-0.15, -0.1) is 0 Å². The summed E-state index contributed by atoms with van der Waals surface area (Å²) in [5.74, 6) is 1.70. The molecule has 1 aliphatic heterocycles. The normalized spacial score (nSPS) is 22.3. The van der Waals surface area contributed by atoms with E-state index in [0.29, 0.717) is 13.2 Å². The third kappa shape index (κ3) is 1.21. The van der Waals surface area contributed by atoms with Crippen LogP contribution in [0.15, 0.2) is 0 Å². The second kappa shape index (κ2) is 2.84. The SMILES string of the molecule is Cc1nc2n(n1)CC(CN)OC2. The van der Waals surface area contributed by atoms with Gasteiger partial charge in [0.05, 0.1) is 12.6 Å². The number of hydrogen-bond acceptors (Lipinski definition) is 4. The second-order valence-electron chi connectivity index (χ2n) is 2.93. The van der Waals surface area contributed by atoms with Crippen LogP contribution in [0.3, 0.4) is 0 Å². The van der Waals surface area contributed by atoms with E-state index in [2.05, 4.69) is 10.1 Å². The van der Waals surface area contributed by atoms with Crippen LogP contribution in [0.2, 0.25) is 0 Å². The first kappa shape index (κ1) is 7.70. The summed E-state index contributed by atoms with van der Waals surface area (Å²) in [5, 5.41) is 4.22. The average Bonchev–Trinajstić information content (AvgIpc) is 2.43. The molecule has 0 aromatic carbocycles. The van der Waals surface area contributed by atoms with E-state index in [9.17, 15) is 0 Å². The molecule has 1 aromatic heterocycles. The minimum Gasteiger partial charge on any atom is -0.367 e. The molecule has 1 aliphatic rings. The number of nitrogens with zero attached hydrogens (tertiary/aromatic N) is 3. The summed E-state index contributed by atoms with van der Waals surface area (Å²) in [6.07, 6.45) is 0.0959. The zero-order valence-corrected chi connectivity index (χ0v) is 7.03. The van der Waals surface area contributed by atoms with E-state index >= 15 is 0 Å². The van der Waals surface area contributed by atoms with Gasteiger partial charge in [-0.3, -0.25) is 0 Å². The van der Waals surface area contributed by atoms with E-state index in [0.717, 1.165) is 18.2 Å². The number of aryl methyl sites for hydroxylation is 1. The van der Waals surface area contributed by atoms with Gasteiger partial charge in [0.1, 0.15) is 12.4 Å². The van der Waals surface area contributed by atoms with Crippen molar-refractivity contribution in [3.05, 3.63) is 11.6 Å². The Balaban J connectivity index is 2.22. The lowest BCUT2D eigenvalue weighted by Crippen LogP contribution is -2.33. The lowest BCUT2D eigenvalue weighted by molar-refractivity contribution is 0.00395. The summed E-state index contributed by atoms with van der Waals surface area (Å²) in [4.78, 5) is 4.21. The van der Waals surface area contributed by atoms with Crippen LogP contribution < -0.4 is 5.73 Å². The summed E-state index contributed by atoms with van der Waals surface area (Å²) in [5.41, 5.74) is 5.48. The maximum atomic E-state index is 5.48. The van der Waals surface area contributed by atoms with Crippen molar-refractivity contribution >= 4 is 0 Å². The summed E-state index contributed by atoms with van der Waals surface area (Å²) >= 11 is 0. The van der Waals surface area contributed by atoms with Crippen LogP contribution in [-0.2, 0) is 17.9 Å². The summed E-state index contributed by atoms with van der Waals surface area (Å²) in [7, 11) is 0. The second-order valence-corrected chi connectivity index (χ2v) is 2.93. The highest BCUT2D eigenvalue weighted by atomic mass is 16.5. The zero-order valence-electron chi connectivity index (χ0n) is 7.03. The molecule has 0 bridgehead atoms. The van der Waals surface area contributed by atoms with E-state index in [-0.39, 0.29) is 6.10 Å². The molecule has 1 unspecified atom stereocenters. The fourth-order valence-corrected chi connectivity index (χ4v) is 1.33. The minimum atomic E-state index is 0.0959. The topological polar surface area (TPSA) is 66.0 Å². The molecule has 0 saturated heterocycles. The Kier molecular flexibility index (Phi) is 1.82. The van der Waals surface area contributed by atoms with E-state index in [1.165, 1.54) is 0 Å². The van der Waals surface area contributed by atoms with Gasteiger partial charge in [-0.1, -0.05) is 0 Å². The zero-order chi connectivity index (χ0) is 8.55. The van der Waals surface area contributed by atoms with Crippen molar-refractivity contribution in [2.45, 2.75) is 26.2 Å². The number of hydrogen-bond donors (Lipinski definition) is 1. The van der Waals surface area contributed by atoms with E-state index in [4.69, 9.17) is 10.5 Å². The van der Waals surface area contributed by atoms with Gasteiger partial charge in [-0.05, 0) is 6.92 Å². The molecule has 1 atom stereocenters. The van der Waals surface area contributed by atoms with Crippen LogP contribution >= 0.6 is 0 Å². The highest BCUT2D eigenvalue weighted by molar-refractivity contribution is 4.92. The van der Waals surface area contributed by atoms with Crippen molar-refractivity contribution in [3.8, 4) is 0 Å². The van der Waals surface area contributed by atoms with Crippen molar-refractivity contribution in [1.82, 2.24) is 14.8 Å². The highest BCUT2D eigenvalue weighted by Gasteiger charge is 2.19. The molecular weight excluding hydrogens is 156 g/mol. The minimum absolute atomic E-state index is 0.0959. The molecule has 66 valence electrons. The summed E-state index contributed by atoms with van der Waals surface area (Å²) in [6, 6.07) is 0. The van der Waals surface area contributed by atoms with Gasteiger partial charge in [-0.2, -0.15) is 5.10 Å². The lowest BCUT2D eigenvalue weighted by Gasteiger charge is -2.21. The van der Waals surface area contributed by atoms with Gasteiger partial charge >= 0.3 is 0 Å². The Labute approximate surface area is 70.5 Å². The maximum Gasteiger partial charge on any atom is 0.153 e. The molecule has 0 aliphatic carbocycles. The van der Waals surface area contributed by atoms with E-state index in [1.807, 2.05) is 11.6 Å². The van der Waals surface area contributed by atoms with Gasteiger partial charge in [-0.25, -0.2) is 9.67 Å². The van der Waals surface area contributed by atoms with Crippen molar-refractivity contribution in [1.29, 1.82) is 0 Å². The van der Waals surface area contributed by atoms with Gasteiger partial charge in [0.25, 0.3) is 0 Å². The number of fused-ring (bicyclic) bond motifs is 1. The van der Waals surface area contributed by atoms with Crippen molar-refractivity contribution < 1.29 is 4.74 Å². The molecule has 12 heavy (non-hydrogen) atoms. The molecule has 0 amide bonds. The monoisotopic (exact) mass is 168 g/mol. The van der Waals surface area contributed by atoms with Gasteiger partial charge < -0.3 is 10.5 Å². The van der Waals surface area contributed by atoms with E-state index < -0.39 is 0 Å². The lowest BCUT2D eigenvalue weighted by atomic mass is 10.3. The van der Waals surface area contributed by atoms with Crippen LogP contribution in [0.1, 0.15) is 11.6 Å². The van der Waals surface area contributed by atoms with Crippen molar-refractivity contribution in [3.63, 3.8) is 0 Å². The Bertz CT molecular complexity index is 283. The van der Waals surface area contributed by atoms with E-state index in [1.54, 1.807) is 0 Å². The number of nitrogens with two attached hydrogens (primary N) is 1. The molecule has 0 spiro atoms. The third-order valence-corrected chi connectivity index (χ3v) is 1.94. The largest absolute Gasteiger partial charge is 0.367 e. The fourth-order valence-electron chi connectivity index (χ4n) is 1.33. The van der Waals surface area contributed by atoms with Gasteiger partial charge in [0.15, 0.2) is 5.82 Å². The van der Waals surface area contributed by atoms with Crippen molar-refractivity contribution in [2.75, 3.05) is 6.54 Å². The molecule has 2 N–H and O–H groups in total. The van der Waals surface area contributed by atoms with Crippen molar-refractivity contribution in [2.24, 2.45) is 5.73 Å². The fraction of sp³-hybridized carbons (Fsp3) is 0.714. The maximum absolute atomic E-state index is 5.48. The predicted octanol–water partition coefficient (Wildman–Crippen LogP) is -0.556. The smallest absolute Gasteiger partial charge is 0.153 e. The molecule has 5 nitrogen and oxygen atoms in total. The highest BCUT2D eigenvalue weighted by Crippen LogP contribution is 2.10. The number of rotatable bonds is 1. The molecule has 5 heteroatoms. The third-order valence-electron chi connectivity index (χ3n) is 1.94. The van der Waals surface area contributed by atoms with Crippen LogP contribution in [-0.4, -0.2) is 27.4 Å². The first-order valence-electron chi connectivity index (χ1n) is 4.01. The Morgan fingerprint density at radius 2 is 2.58 bits per heavy atom. The first-order valence-corrected chi connectivity index (χ1v) is 4.01. The Morgan fingerprint density at radius 3 is 3.33 bits per heavy atom. The standard InChI is InChI=1S/C7H12N4O/c1-5-9-7-4-12-6(2-8)3-11(7)10-5/h6H,2-4,8H2,1H3. The predicted molar refractivity (Wildman–Crippen MR) is 42.4 cm³/mol. The molecule has 0 saturated carbocycles. The number of aromatic nitrogens is 3. The quantitative estimate of drug-likeness (QED) is 0.610. The van der Waals surface area contributed by atoms with Crippen LogP contribution in [0.4, 0.5) is 0 Å². The van der Waals surface area contributed by atoms with Crippen LogP contribution in [0, 0.1) is 6.92 Å². The van der Waals surface area contributed by atoms with Gasteiger partial charge in [0, 0.05) is 6.54 Å². The number of ether oxygens (including phenoxy) is 1. The summed E-state index contributed by atoms with van der Waals surface area (Å²) in [6.45, 7) is 3.68. The molecule has 2 heterocycles. The Hall–Kier alpha value is -0.940. The first-order chi connectivity index (χ1) is 5.79. The molecule has 0 fully saturated rings. The van der Waals surface area contributed by atoms with Crippen LogP contribution in [0.25, 0.3) is 0 Å². The molecular formula is C7H12N4O.